The molecule has 0 bridgehead atoms. The zero-order chi connectivity index (χ0) is 41.7. The maximum absolute atomic E-state index is 2.56. The Bertz CT molecular complexity index is 3260. The number of hydrogen-bond donors (Lipinski definition) is 0. The summed E-state index contributed by atoms with van der Waals surface area (Å²) >= 11 is 0. The number of benzene rings is 10. The van der Waals surface area contributed by atoms with E-state index in [0.29, 0.717) is 0 Å². The largest absolute Gasteiger partial charge is 0.311 e. The average Bonchev–Trinajstić information content (AvgIpc) is 3.37. The molecule has 294 valence electrons. The molecule has 0 radical (unpaired) electrons. The first kappa shape index (κ1) is 36.7. The minimum Gasteiger partial charge on any atom is -0.311 e. The van der Waals surface area contributed by atoms with Gasteiger partial charge in [-0.05, 0) is 97.3 Å². The van der Waals surface area contributed by atoms with Gasteiger partial charge in [0.1, 0.15) is 0 Å². The molecular formula is C60H41BN2. The van der Waals surface area contributed by atoms with Crippen LogP contribution in [0, 0.1) is 0 Å². The van der Waals surface area contributed by atoms with Crippen LogP contribution in [-0.2, 0) is 0 Å². The topological polar surface area (TPSA) is 6.48 Å². The third-order valence-electron chi connectivity index (χ3n) is 12.9. The van der Waals surface area contributed by atoms with Crippen LogP contribution in [-0.4, -0.2) is 6.71 Å². The summed E-state index contributed by atoms with van der Waals surface area (Å²) in [4.78, 5) is 5.12. The summed E-state index contributed by atoms with van der Waals surface area (Å²) in [5, 5.41) is 0. The van der Waals surface area contributed by atoms with Gasteiger partial charge in [0.25, 0.3) is 6.71 Å². The SMILES string of the molecule is c1ccc(-c2ccc(N3c4cc(-c5ccccc5)cc5c4B(c4ccc(-c6ccccc6)cc4N5c4ccccc4-c4ccccc4)c4cccc(-c5ccccc5)c43)cc2)cc1. The highest BCUT2D eigenvalue weighted by molar-refractivity contribution is 7.00. The zero-order valence-electron chi connectivity index (χ0n) is 34.6. The molecule has 0 aliphatic carbocycles. The maximum atomic E-state index is 2.56. The molecule has 12 rings (SSSR count). The zero-order valence-corrected chi connectivity index (χ0v) is 34.6. The molecule has 0 atom stereocenters. The van der Waals surface area contributed by atoms with E-state index in [9.17, 15) is 0 Å². The lowest BCUT2D eigenvalue weighted by Crippen LogP contribution is -2.61. The summed E-state index contributed by atoms with van der Waals surface area (Å²) in [7, 11) is 0. The lowest BCUT2D eigenvalue weighted by atomic mass is 9.33. The van der Waals surface area contributed by atoms with Gasteiger partial charge in [0.05, 0.1) is 5.69 Å². The van der Waals surface area contributed by atoms with Crippen LogP contribution in [0.15, 0.2) is 249 Å². The van der Waals surface area contributed by atoms with Gasteiger partial charge in [0.15, 0.2) is 0 Å². The van der Waals surface area contributed by atoms with Crippen molar-refractivity contribution < 1.29 is 0 Å². The number of hydrogen-bond acceptors (Lipinski definition) is 2. The van der Waals surface area contributed by atoms with Crippen LogP contribution in [0.2, 0.25) is 0 Å². The van der Waals surface area contributed by atoms with Crippen molar-refractivity contribution in [1.82, 2.24) is 0 Å². The molecule has 0 amide bonds. The molecule has 3 heteroatoms. The van der Waals surface area contributed by atoms with Crippen molar-refractivity contribution in [3.8, 4) is 55.6 Å². The van der Waals surface area contributed by atoms with Gasteiger partial charge in [-0.3, -0.25) is 0 Å². The summed E-state index contributed by atoms with van der Waals surface area (Å²) in [6, 6.07) is 91.2. The summed E-state index contributed by atoms with van der Waals surface area (Å²) in [5.41, 5.74) is 22.8. The Morgan fingerprint density at radius 3 is 1.32 bits per heavy atom. The van der Waals surface area contributed by atoms with Crippen molar-refractivity contribution in [2.24, 2.45) is 0 Å². The van der Waals surface area contributed by atoms with Crippen LogP contribution < -0.4 is 26.2 Å². The van der Waals surface area contributed by atoms with E-state index in [1.807, 2.05) is 0 Å². The lowest BCUT2D eigenvalue weighted by Gasteiger charge is -2.45. The van der Waals surface area contributed by atoms with Crippen molar-refractivity contribution >= 4 is 57.2 Å². The average molecular weight is 801 g/mol. The molecule has 0 aromatic heterocycles. The van der Waals surface area contributed by atoms with Crippen LogP contribution >= 0.6 is 0 Å². The molecule has 2 aliphatic rings. The molecule has 10 aromatic rings. The van der Waals surface area contributed by atoms with Crippen molar-refractivity contribution in [2.75, 3.05) is 9.80 Å². The van der Waals surface area contributed by atoms with Gasteiger partial charge < -0.3 is 9.80 Å². The Labute approximate surface area is 369 Å². The van der Waals surface area contributed by atoms with Gasteiger partial charge in [-0.2, -0.15) is 0 Å². The first-order valence-corrected chi connectivity index (χ1v) is 21.8. The second-order valence-electron chi connectivity index (χ2n) is 16.4. The monoisotopic (exact) mass is 800 g/mol. The van der Waals surface area contributed by atoms with E-state index in [2.05, 4.69) is 259 Å². The standard InChI is InChI=1S/C60H41BN2/c1-6-19-42(20-7-1)45-33-36-50(37-34-45)62-57-40-49(44-23-10-3-11-24-44)41-58-59(57)61(54-31-18-30-52(60(54)62)47-27-14-5-15-28-47)53-38-35-48(43-21-8-2-9-22-43)39-56(53)63(58)55-32-17-16-29-51(55)46-25-12-4-13-26-46/h1-41H. The molecule has 0 saturated carbocycles. The summed E-state index contributed by atoms with van der Waals surface area (Å²) in [6.07, 6.45) is 0. The third kappa shape index (κ3) is 6.28. The van der Waals surface area contributed by atoms with Crippen LogP contribution in [0.3, 0.4) is 0 Å². The summed E-state index contributed by atoms with van der Waals surface area (Å²) < 4.78 is 0. The Hall–Kier alpha value is -8.14. The fourth-order valence-electron chi connectivity index (χ4n) is 9.99. The van der Waals surface area contributed by atoms with Crippen molar-refractivity contribution in [1.29, 1.82) is 0 Å². The van der Waals surface area contributed by atoms with Crippen molar-refractivity contribution in [3.05, 3.63) is 249 Å². The predicted molar refractivity (Wildman–Crippen MR) is 268 cm³/mol. The molecular weight excluding hydrogens is 759 g/mol. The molecule has 0 fully saturated rings. The Balaban J connectivity index is 1.20. The molecule has 2 aliphatic heterocycles. The Morgan fingerprint density at radius 2 is 0.698 bits per heavy atom. The number of fused-ring (bicyclic) bond motifs is 4. The van der Waals surface area contributed by atoms with E-state index < -0.39 is 0 Å². The van der Waals surface area contributed by atoms with E-state index in [-0.39, 0.29) is 6.71 Å². The van der Waals surface area contributed by atoms with Gasteiger partial charge in [-0.25, -0.2) is 0 Å². The highest BCUT2D eigenvalue weighted by Gasteiger charge is 2.45. The molecule has 63 heavy (non-hydrogen) atoms. The predicted octanol–water partition coefficient (Wildman–Crippen LogP) is 14.1. The van der Waals surface area contributed by atoms with Crippen LogP contribution in [0.5, 0.6) is 0 Å². The van der Waals surface area contributed by atoms with Crippen molar-refractivity contribution in [3.63, 3.8) is 0 Å². The first-order chi connectivity index (χ1) is 31.3. The molecule has 0 unspecified atom stereocenters. The molecule has 2 heterocycles. The number of anilines is 6. The minimum atomic E-state index is -0.0433. The van der Waals surface area contributed by atoms with Crippen LogP contribution in [0.4, 0.5) is 34.1 Å². The summed E-state index contributed by atoms with van der Waals surface area (Å²) in [5.74, 6) is 0. The highest BCUT2D eigenvalue weighted by atomic mass is 15.2. The van der Waals surface area contributed by atoms with E-state index in [1.165, 1.54) is 94.8 Å². The normalized spacial score (nSPS) is 12.3. The maximum Gasteiger partial charge on any atom is 0.252 e. The Kier molecular flexibility index (Phi) is 8.97. The second-order valence-corrected chi connectivity index (χ2v) is 16.4. The third-order valence-corrected chi connectivity index (χ3v) is 12.9. The van der Waals surface area contributed by atoms with E-state index >= 15 is 0 Å². The summed E-state index contributed by atoms with van der Waals surface area (Å²) in [6.45, 7) is -0.0433. The van der Waals surface area contributed by atoms with Crippen molar-refractivity contribution in [2.45, 2.75) is 0 Å². The number of nitrogens with zero attached hydrogens (tertiary/aromatic N) is 2. The fraction of sp³-hybridized carbons (Fsp3) is 0. The van der Waals surface area contributed by atoms with E-state index in [1.54, 1.807) is 0 Å². The van der Waals surface area contributed by atoms with Gasteiger partial charge in [-0.15, -0.1) is 0 Å². The van der Waals surface area contributed by atoms with Crippen LogP contribution in [0.25, 0.3) is 55.6 Å². The lowest BCUT2D eigenvalue weighted by molar-refractivity contribution is 1.25. The van der Waals surface area contributed by atoms with E-state index in [4.69, 9.17) is 0 Å². The van der Waals surface area contributed by atoms with E-state index in [0.717, 1.165) is 11.4 Å². The number of rotatable bonds is 7. The molecule has 0 saturated heterocycles. The first-order valence-electron chi connectivity index (χ1n) is 21.8. The quantitative estimate of drug-likeness (QED) is 0.148. The Morgan fingerprint density at radius 1 is 0.254 bits per heavy atom. The van der Waals surface area contributed by atoms with Gasteiger partial charge >= 0.3 is 0 Å². The van der Waals surface area contributed by atoms with Gasteiger partial charge in [0.2, 0.25) is 0 Å². The number of para-hydroxylation sites is 2. The molecule has 2 nitrogen and oxygen atoms in total. The highest BCUT2D eigenvalue weighted by Crippen LogP contribution is 2.50. The molecule has 0 N–H and O–H groups in total. The van der Waals surface area contributed by atoms with Gasteiger partial charge in [-0.1, -0.05) is 212 Å². The fourth-order valence-corrected chi connectivity index (χ4v) is 9.99. The van der Waals surface area contributed by atoms with Gasteiger partial charge in [0, 0.05) is 39.6 Å². The molecule has 10 aromatic carbocycles. The smallest absolute Gasteiger partial charge is 0.252 e. The second kappa shape index (κ2) is 15.4. The van der Waals surface area contributed by atoms with Crippen LogP contribution in [0.1, 0.15) is 0 Å². The molecule has 0 spiro atoms. The minimum absolute atomic E-state index is 0.0433.